The summed E-state index contributed by atoms with van der Waals surface area (Å²) in [6, 6.07) is 3.30. The average Bonchev–Trinajstić information content (AvgIpc) is 3.00. The van der Waals surface area contributed by atoms with Crippen molar-refractivity contribution in [3.63, 3.8) is 0 Å². The summed E-state index contributed by atoms with van der Waals surface area (Å²) >= 11 is 9.55. The zero-order valence-corrected chi connectivity index (χ0v) is 29.0. The van der Waals surface area contributed by atoms with Crippen molar-refractivity contribution in [2.75, 3.05) is 70.6 Å². The maximum Gasteiger partial charge on any atom is 0.410 e. The van der Waals surface area contributed by atoms with E-state index in [4.69, 9.17) is 30.5 Å². The van der Waals surface area contributed by atoms with Crippen molar-refractivity contribution >= 4 is 56.3 Å². The van der Waals surface area contributed by atoms with Crippen LogP contribution in [-0.2, 0) is 19.0 Å². The second-order valence-electron chi connectivity index (χ2n) is 12.3. The van der Waals surface area contributed by atoms with Crippen LogP contribution in [-0.4, -0.2) is 109 Å². The highest BCUT2D eigenvalue weighted by Gasteiger charge is 2.35. The number of piperazine rings is 1. The number of hydrogen-bond donors (Lipinski definition) is 0. The van der Waals surface area contributed by atoms with Gasteiger partial charge in [0, 0.05) is 31.6 Å². The van der Waals surface area contributed by atoms with Crippen LogP contribution >= 0.6 is 27.5 Å². The standard InChI is InChI=1S/C31H41BrClFN6O6/c1-5-44-24(41)19-43-18-20-7-10-38(11-8-20)14-15-45-29-36-27-22(16-23(33)25(32)26(27)34)28(37-29)39-12-13-40(21(17-39)6-9-35)30(42)46-31(2,3)4/h16,20-21H,5-8,10-15,17-19H2,1-4H3/t21-/m0/s1. The second-order valence-corrected chi connectivity index (χ2v) is 13.5. The fourth-order valence-electron chi connectivity index (χ4n) is 5.49. The van der Waals surface area contributed by atoms with Crippen molar-refractivity contribution in [2.45, 2.75) is 58.6 Å². The molecule has 0 saturated carbocycles. The van der Waals surface area contributed by atoms with E-state index in [1.165, 1.54) is 0 Å². The fraction of sp³-hybridized carbons (Fsp3) is 0.645. The van der Waals surface area contributed by atoms with Crippen LogP contribution in [0.15, 0.2) is 10.5 Å². The molecule has 252 valence electrons. The largest absolute Gasteiger partial charge is 0.464 e. The van der Waals surface area contributed by atoms with Gasteiger partial charge in [0.1, 0.15) is 30.1 Å². The van der Waals surface area contributed by atoms with Crippen LogP contribution in [0.2, 0.25) is 5.02 Å². The van der Waals surface area contributed by atoms with Crippen molar-refractivity contribution in [2.24, 2.45) is 5.92 Å². The third-order valence-corrected chi connectivity index (χ3v) is 9.05. The van der Waals surface area contributed by atoms with Crippen LogP contribution in [0.5, 0.6) is 6.01 Å². The zero-order valence-electron chi connectivity index (χ0n) is 26.7. The Balaban J connectivity index is 1.44. The van der Waals surface area contributed by atoms with Crippen molar-refractivity contribution in [1.82, 2.24) is 19.8 Å². The van der Waals surface area contributed by atoms with E-state index >= 15 is 4.39 Å². The Morgan fingerprint density at radius 1 is 1.20 bits per heavy atom. The lowest BCUT2D eigenvalue weighted by molar-refractivity contribution is -0.149. The summed E-state index contributed by atoms with van der Waals surface area (Å²) in [5, 5.41) is 10.1. The summed E-state index contributed by atoms with van der Waals surface area (Å²) in [6.45, 7) is 11.5. The second kappa shape index (κ2) is 16.2. The minimum absolute atomic E-state index is 0.0179. The average molecular weight is 728 g/mol. The molecule has 0 aliphatic carbocycles. The molecule has 2 saturated heterocycles. The van der Waals surface area contributed by atoms with Crippen LogP contribution in [0.3, 0.4) is 0 Å². The number of amides is 1. The Bertz CT molecular complexity index is 1430. The number of fused-ring (bicyclic) bond motifs is 1. The number of rotatable bonds is 11. The third-order valence-electron chi connectivity index (χ3n) is 7.75. The number of anilines is 1. The van der Waals surface area contributed by atoms with E-state index in [0.717, 1.165) is 25.9 Å². The Morgan fingerprint density at radius 3 is 2.61 bits per heavy atom. The SMILES string of the molecule is CCOC(=O)COCC1CCN(CCOc2nc(N3CCN(C(=O)OC(C)(C)C)[C@@H](CC#N)C3)c3cc(Cl)c(Br)c(F)c3n2)CC1. The smallest absolute Gasteiger partial charge is 0.410 e. The van der Waals surface area contributed by atoms with Gasteiger partial charge in [0.15, 0.2) is 5.82 Å². The molecule has 4 rings (SSSR count). The molecule has 2 fully saturated rings. The number of piperidine rings is 1. The molecule has 1 aromatic heterocycles. The van der Waals surface area contributed by atoms with Gasteiger partial charge in [-0.15, -0.1) is 0 Å². The van der Waals surface area contributed by atoms with Gasteiger partial charge in [-0.3, -0.25) is 4.90 Å². The molecular formula is C31H41BrClFN6O6. The van der Waals surface area contributed by atoms with Gasteiger partial charge in [-0.1, -0.05) is 11.6 Å². The highest BCUT2D eigenvalue weighted by Crippen LogP contribution is 2.37. The number of nitrogens with zero attached hydrogens (tertiary/aromatic N) is 6. The van der Waals surface area contributed by atoms with E-state index in [0.29, 0.717) is 43.4 Å². The Morgan fingerprint density at radius 2 is 1.93 bits per heavy atom. The normalized spacial score (nSPS) is 18.0. The van der Waals surface area contributed by atoms with Gasteiger partial charge in [-0.2, -0.15) is 15.2 Å². The molecule has 1 amide bonds. The topological polar surface area (TPSA) is 130 Å². The predicted molar refractivity (Wildman–Crippen MR) is 173 cm³/mol. The maximum absolute atomic E-state index is 15.5. The van der Waals surface area contributed by atoms with Gasteiger partial charge in [-0.05, 0) is 81.5 Å². The number of hydrogen-bond acceptors (Lipinski definition) is 11. The Hall–Kier alpha value is -2.99. The van der Waals surface area contributed by atoms with Crippen LogP contribution in [0.1, 0.15) is 47.0 Å². The van der Waals surface area contributed by atoms with E-state index < -0.39 is 23.6 Å². The Labute approximate surface area is 282 Å². The van der Waals surface area contributed by atoms with Crippen LogP contribution in [0, 0.1) is 23.1 Å². The molecule has 2 aliphatic rings. The molecule has 3 heterocycles. The molecule has 0 spiro atoms. The van der Waals surface area contributed by atoms with Crippen LogP contribution < -0.4 is 9.64 Å². The minimum Gasteiger partial charge on any atom is -0.464 e. The first-order valence-corrected chi connectivity index (χ1v) is 16.6. The highest BCUT2D eigenvalue weighted by molar-refractivity contribution is 9.10. The third kappa shape index (κ3) is 9.53. The first-order chi connectivity index (χ1) is 21.9. The molecule has 0 bridgehead atoms. The molecule has 2 aliphatic heterocycles. The molecule has 0 radical (unpaired) electrons. The number of carbonyl (C=O) groups is 2. The van der Waals surface area contributed by atoms with Gasteiger partial charge in [-0.25, -0.2) is 14.0 Å². The van der Waals surface area contributed by atoms with Gasteiger partial charge in [0.2, 0.25) is 0 Å². The van der Waals surface area contributed by atoms with E-state index in [-0.39, 0.29) is 59.7 Å². The fourth-order valence-corrected chi connectivity index (χ4v) is 5.98. The first-order valence-electron chi connectivity index (χ1n) is 15.5. The summed E-state index contributed by atoms with van der Waals surface area (Å²) in [4.78, 5) is 39.2. The van der Waals surface area contributed by atoms with E-state index in [2.05, 4.69) is 36.9 Å². The van der Waals surface area contributed by atoms with Gasteiger partial charge >= 0.3 is 18.1 Å². The molecule has 0 unspecified atom stereocenters. The van der Waals surface area contributed by atoms with Crippen molar-refractivity contribution in [1.29, 1.82) is 5.26 Å². The summed E-state index contributed by atoms with van der Waals surface area (Å²) in [7, 11) is 0. The first kappa shape index (κ1) is 35.9. The number of benzene rings is 1. The number of nitriles is 1. The molecule has 1 atom stereocenters. The molecular weight excluding hydrogens is 687 g/mol. The predicted octanol–water partition coefficient (Wildman–Crippen LogP) is 5.19. The lowest BCUT2D eigenvalue weighted by atomic mass is 9.98. The molecule has 46 heavy (non-hydrogen) atoms. The zero-order chi connectivity index (χ0) is 33.4. The molecule has 15 heteroatoms. The van der Waals surface area contributed by atoms with E-state index in [9.17, 15) is 14.9 Å². The molecule has 0 N–H and O–H groups in total. The summed E-state index contributed by atoms with van der Waals surface area (Å²) < 4.78 is 37.5. The van der Waals surface area contributed by atoms with Crippen LogP contribution in [0.25, 0.3) is 10.9 Å². The maximum atomic E-state index is 15.5. The molecule has 12 nitrogen and oxygen atoms in total. The highest BCUT2D eigenvalue weighted by atomic mass is 79.9. The number of ether oxygens (including phenoxy) is 4. The van der Waals surface area contributed by atoms with Crippen LogP contribution in [0.4, 0.5) is 15.0 Å². The van der Waals surface area contributed by atoms with Gasteiger partial charge in [0.25, 0.3) is 0 Å². The minimum atomic E-state index is -0.683. The van der Waals surface area contributed by atoms with Crippen molar-refractivity contribution < 1.29 is 32.9 Å². The quantitative estimate of drug-likeness (QED) is 0.224. The van der Waals surface area contributed by atoms with Crippen molar-refractivity contribution in [3.05, 3.63) is 21.4 Å². The van der Waals surface area contributed by atoms with Gasteiger partial charge in [0.05, 0.1) is 41.2 Å². The van der Waals surface area contributed by atoms with Crippen molar-refractivity contribution in [3.8, 4) is 12.1 Å². The summed E-state index contributed by atoms with van der Waals surface area (Å²) in [5.74, 6) is -0.212. The summed E-state index contributed by atoms with van der Waals surface area (Å²) in [5.41, 5.74) is -0.635. The lowest BCUT2D eigenvalue weighted by Crippen LogP contribution is -2.56. The number of aromatic nitrogens is 2. The van der Waals surface area contributed by atoms with Gasteiger partial charge < -0.3 is 28.7 Å². The summed E-state index contributed by atoms with van der Waals surface area (Å²) in [6.07, 6.45) is 1.45. The number of carbonyl (C=O) groups excluding carboxylic acids is 2. The number of halogens is 3. The van der Waals surface area contributed by atoms with E-state index in [1.807, 2.05) is 4.90 Å². The number of esters is 1. The molecule has 2 aromatic rings. The lowest BCUT2D eigenvalue weighted by Gasteiger charge is -2.41. The monoisotopic (exact) mass is 726 g/mol. The Kier molecular flexibility index (Phi) is 12.6. The number of likely N-dealkylation sites (tertiary alicyclic amines) is 1. The van der Waals surface area contributed by atoms with E-state index in [1.54, 1.807) is 38.7 Å². The molecule has 1 aromatic carbocycles.